The molecule has 0 saturated heterocycles. The van der Waals surface area contributed by atoms with Gasteiger partial charge in [-0.15, -0.1) is 0 Å². The Kier molecular flexibility index (Phi) is 9.58. The molecule has 5 rings (SSSR count). The van der Waals surface area contributed by atoms with Crippen LogP contribution in [0.2, 0.25) is 0 Å². The van der Waals surface area contributed by atoms with Gasteiger partial charge in [0.05, 0.1) is 6.10 Å². The largest absolute Gasteiger partial charge is 0.393 e. The molecule has 1 amide bonds. The predicted octanol–water partition coefficient (Wildman–Crippen LogP) is 5.99. The second kappa shape index (κ2) is 12.6. The smallest absolute Gasteiger partial charge is 0.223 e. The summed E-state index contributed by atoms with van der Waals surface area (Å²) in [6.07, 6.45) is 7.77. The van der Waals surface area contributed by atoms with E-state index in [0.717, 1.165) is 51.6 Å². The molecule has 0 unspecified atom stereocenters. The van der Waals surface area contributed by atoms with Crippen molar-refractivity contribution in [3.8, 4) is 0 Å². The minimum Gasteiger partial charge on any atom is -0.393 e. The van der Waals surface area contributed by atoms with E-state index in [9.17, 15) is 14.7 Å². The number of Topliss-reactive ketones (excluding diaryl/α,β-unsaturated/α-hetero) is 1. The van der Waals surface area contributed by atoms with Gasteiger partial charge in [0.2, 0.25) is 5.91 Å². The molecule has 3 N–H and O–H groups in total. The van der Waals surface area contributed by atoms with E-state index in [0.29, 0.717) is 12.2 Å². The minimum absolute atomic E-state index is 0.0118. The molecule has 1 aromatic carbocycles. The predicted molar refractivity (Wildman–Crippen MR) is 178 cm³/mol. The number of nitrogens with one attached hydrogen (secondary N) is 2. The van der Waals surface area contributed by atoms with Gasteiger partial charge in [0.15, 0.2) is 0 Å². The highest BCUT2D eigenvalue weighted by Gasteiger charge is 2.67. The molecule has 4 aliphatic carbocycles. The summed E-state index contributed by atoms with van der Waals surface area (Å²) in [5.74, 6) is 1.16. The average Bonchev–Trinajstić information content (AvgIpc) is 3.09. The molecule has 0 aliphatic heterocycles. The lowest BCUT2D eigenvalue weighted by Crippen LogP contribution is -2.56. The number of hydrogen-bond acceptors (Lipinski definition) is 5. The van der Waals surface area contributed by atoms with Gasteiger partial charge in [-0.3, -0.25) is 9.59 Å². The molecule has 3 fully saturated rings. The molecule has 1 aromatic rings. The maximum absolute atomic E-state index is 14.2. The molecule has 0 aromatic heterocycles. The Morgan fingerprint density at radius 2 is 1.80 bits per heavy atom. The second-order valence-electron chi connectivity index (χ2n) is 16.0. The third kappa shape index (κ3) is 5.62. The fourth-order valence-corrected chi connectivity index (χ4v) is 10.3. The molecule has 0 heterocycles. The Hall–Kier alpha value is -2.02. The molecule has 6 heteroatoms. The van der Waals surface area contributed by atoms with Crippen LogP contribution in [0.1, 0.15) is 92.1 Å². The molecule has 0 bridgehead atoms. The monoisotopic (exact) mass is 605 g/mol. The molecule has 4 aliphatic rings. The van der Waals surface area contributed by atoms with Crippen LogP contribution in [0.5, 0.6) is 0 Å². The first-order chi connectivity index (χ1) is 20.8. The number of benzene rings is 1. The molecular formula is C38H59N3O3. The highest BCUT2D eigenvalue weighted by Crippen LogP contribution is 2.69. The topological polar surface area (TPSA) is 81.7 Å². The summed E-state index contributed by atoms with van der Waals surface area (Å²) < 4.78 is 0. The van der Waals surface area contributed by atoms with Crippen LogP contribution in [0.3, 0.4) is 0 Å². The van der Waals surface area contributed by atoms with E-state index in [-0.39, 0.29) is 63.8 Å². The number of aliphatic hydroxyl groups is 1. The number of carbonyl (C=O) groups is 2. The first-order valence-corrected chi connectivity index (χ1v) is 17.4. The maximum Gasteiger partial charge on any atom is 0.223 e. The number of ketones is 1. The van der Waals surface area contributed by atoms with E-state index in [1.165, 1.54) is 11.1 Å². The molecular weight excluding hydrogens is 546 g/mol. The van der Waals surface area contributed by atoms with Gasteiger partial charge in [0.25, 0.3) is 0 Å². The first kappa shape index (κ1) is 33.3. The van der Waals surface area contributed by atoms with Gasteiger partial charge in [-0.1, -0.05) is 76.6 Å². The zero-order valence-corrected chi connectivity index (χ0v) is 28.7. The molecule has 244 valence electrons. The molecule has 0 radical (unpaired) electrons. The normalized spacial score (nSPS) is 39.9. The lowest BCUT2D eigenvalue weighted by Gasteiger charge is -2.56. The maximum atomic E-state index is 14.2. The van der Waals surface area contributed by atoms with Crippen molar-refractivity contribution in [1.29, 1.82) is 0 Å². The zero-order valence-electron chi connectivity index (χ0n) is 28.7. The number of nitrogens with zero attached hydrogens (tertiary/aromatic N) is 1. The third-order valence-electron chi connectivity index (χ3n) is 13.6. The van der Waals surface area contributed by atoms with Crippen LogP contribution in [0.15, 0.2) is 42.0 Å². The van der Waals surface area contributed by atoms with Crippen molar-refractivity contribution in [2.45, 2.75) is 111 Å². The van der Waals surface area contributed by atoms with Crippen molar-refractivity contribution in [2.75, 3.05) is 20.6 Å². The van der Waals surface area contributed by atoms with Crippen molar-refractivity contribution >= 4 is 11.7 Å². The average molecular weight is 606 g/mol. The molecule has 0 spiro atoms. The van der Waals surface area contributed by atoms with Gasteiger partial charge in [-0.25, -0.2) is 0 Å². The summed E-state index contributed by atoms with van der Waals surface area (Å²) in [5.41, 5.74) is 2.17. The van der Waals surface area contributed by atoms with E-state index in [4.69, 9.17) is 0 Å². The summed E-state index contributed by atoms with van der Waals surface area (Å²) in [5, 5.41) is 18.9. The van der Waals surface area contributed by atoms with Crippen molar-refractivity contribution in [3.05, 3.63) is 47.5 Å². The van der Waals surface area contributed by atoms with Gasteiger partial charge >= 0.3 is 0 Å². The number of fused-ring (bicyclic) bond motifs is 4. The van der Waals surface area contributed by atoms with E-state index >= 15 is 0 Å². The van der Waals surface area contributed by atoms with Crippen LogP contribution in [-0.2, 0) is 16.1 Å². The Bertz CT molecular complexity index is 1230. The zero-order chi connectivity index (χ0) is 32.0. The fraction of sp³-hybridized carbons (Fsp3) is 0.737. The summed E-state index contributed by atoms with van der Waals surface area (Å²) >= 11 is 0. The van der Waals surface area contributed by atoms with Crippen LogP contribution in [0, 0.1) is 45.8 Å². The van der Waals surface area contributed by atoms with Crippen molar-refractivity contribution in [3.63, 3.8) is 0 Å². The van der Waals surface area contributed by atoms with Gasteiger partial charge in [0.1, 0.15) is 5.78 Å². The van der Waals surface area contributed by atoms with Gasteiger partial charge < -0.3 is 20.6 Å². The number of hydrogen-bond donors (Lipinski definition) is 3. The summed E-state index contributed by atoms with van der Waals surface area (Å²) in [7, 11) is 4.19. The van der Waals surface area contributed by atoms with Gasteiger partial charge in [-0.05, 0) is 87.8 Å². The summed E-state index contributed by atoms with van der Waals surface area (Å²) in [4.78, 5) is 29.7. The number of carbonyl (C=O) groups excluding carboxylic acids is 2. The lowest BCUT2D eigenvalue weighted by atomic mass is 9.48. The van der Waals surface area contributed by atoms with E-state index in [1.54, 1.807) is 0 Å². The van der Waals surface area contributed by atoms with Crippen molar-refractivity contribution < 1.29 is 14.7 Å². The Labute approximate surface area is 266 Å². The Morgan fingerprint density at radius 3 is 2.45 bits per heavy atom. The molecule has 44 heavy (non-hydrogen) atoms. The number of rotatable bonds is 9. The standard InChI is InChI=1S/C38H59N3O3/c1-9-24(2)35(44)40-33-18-15-27-19-28-30(17-16-29(27)36(33,4)23-39-22-26-13-11-10-12-14-26)37(5)21-32(43)34(25(3)41(7)8)38(37,6)20-31(28)42/h10-15,24-25,28-30,32-34,39,43H,9,16-23H2,1-8H3,(H,40,44)/t24-,25-,28-,29+,30+,32+,33-,34-,36-,37-,38+/m0/s1. The highest BCUT2D eigenvalue weighted by atomic mass is 16.3. The summed E-state index contributed by atoms with van der Waals surface area (Å²) in [6.45, 7) is 15.0. The van der Waals surface area contributed by atoms with E-state index in [2.05, 4.69) is 94.6 Å². The third-order valence-corrected chi connectivity index (χ3v) is 13.6. The highest BCUT2D eigenvalue weighted by molar-refractivity contribution is 5.84. The number of amides is 1. The first-order valence-electron chi connectivity index (χ1n) is 17.4. The van der Waals surface area contributed by atoms with Crippen LogP contribution in [0.4, 0.5) is 0 Å². The Morgan fingerprint density at radius 1 is 1.09 bits per heavy atom. The van der Waals surface area contributed by atoms with Crippen LogP contribution >= 0.6 is 0 Å². The van der Waals surface area contributed by atoms with Crippen LogP contribution in [0.25, 0.3) is 0 Å². The van der Waals surface area contributed by atoms with Crippen LogP contribution in [-0.4, -0.2) is 60.5 Å². The second-order valence-corrected chi connectivity index (χ2v) is 16.0. The fourth-order valence-electron chi connectivity index (χ4n) is 10.3. The van der Waals surface area contributed by atoms with E-state index < -0.39 is 6.10 Å². The Balaban J connectivity index is 1.45. The minimum atomic E-state index is -0.397. The van der Waals surface area contributed by atoms with Crippen molar-refractivity contribution in [2.24, 2.45) is 45.8 Å². The molecule has 6 nitrogen and oxygen atoms in total. The van der Waals surface area contributed by atoms with Gasteiger partial charge in [0, 0.05) is 54.8 Å². The summed E-state index contributed by atoms with van der Waals surface area (Å²) in [6, 6.07) is 10.8. The molecule has 11 atom stereocenters. The lowest BCUT2D eigenvalue weighted by molar-refractivity contribution is -0.147. The van der Waals surface area contributed by atoms with Gasteiger partial charge in [-0.2, -0.15) is 0 Å². The molecule has 3 saturated carbocycles. The number of aliphatic hydroxyl groups excluding tert-OH is 1. The van der Waals surface area contributed by atoms with Crippen LogP contribution < -0.4 is 10.6 Å². The quantitative estimate of drug-likeness (QED) is 0.301. The van der Waals surface area contributed by atoms with Crippen molar-refractivity contribution in [1.82, 2.24) is 15.5 Å². The SMILES string of the molecule is CC[C@H](C)C(=O)N[C@H]1CC=C2C[C@@H]3C(=O)C[C@]4(C)[C@@H]([C@H](C)N(C)C)[C@H](O)C[C@@]4(C)[C@@H]3CC[C@H]2[C@]1(C)CNCc1ccccc1. The number of allylic oxidation sites excluding steroid dienone is 1. The van der Waals surface area contributed by atoms with E-state index in [1.807, 2.05) is 13.0 Å².